The molecule has 0 bridgehead atoms. The van der Waals surface area contributed by atoms with E-state index in [2.05, 4.69) is 47.1 Å². The van der Waals surface area contributed by atoms with Crippen LogP contribution >= 0.6 is 31.9 Å². The summed E-state index contributed by atoms with van der Waals surface area (Å²) in [7, 11) is 1.71. The Morgan fingerprint density at radius 3 is 2.75 bits per heavy atom. The summed E-state index contributed by atoms with van der Waals surface area (Å²) >= 11 is 6.58. The van der Waals surface area contributed by atoms with Crippen LogP contribution in [0.1, 0.15) is 0 Å². The van der Waals surface area contributed by atoms with E-state index in [0.29, 0.717) is 20.5 Å². The van der Waals surface area contributed by atoms with Crippen LogP contribution in [0.3, 0.4) is 0 Å². The summed E-state index contributed by atoms with van der Waals surface area (Å²) in [5.41, 5.74) is -0.0674. The van der Waals surface area contributed by atoms with Crippen molar-refractivity contribution in [3.63, 3.8) is 0 Å². The van der Waals surface area contributed by atoms with Gasteiger partial charge in [-0.05, 0) is 37.9 Å². The van der Waals surface area contributed by atoms with Crippen LogP contribution in [0.2, 0.25) is 0 Å². The lowest BCUT2D eigenvalue weighted by Crippen LogP contribution is -1.98. The Bertz CT molecular complexity index is 666. The van der Waals surface area contributed by atoms with Gasteiger partial charge in [0.2, 0.25) is 5.88 Å². The van der Waals surface area contributed by atoms with Gasteiger partial charge in [0.15, 0.2) is 5.75 Å². The molecule has 0 aliphatic carbocycles. The maximum Gasteiger partial charge on any atom is 0.273 e. The maximum atomic E-state index is 10.8. The predicted molar refractivity (Wildman–Crippen MR) is 80.1 cm³/mol. The largest absolute Gasteiger partial charge is 0.436 e. The first-order valence-corrected chi connectivity index (χ1v) is 6.91. The van der Waals surface area contributed by atoms with Crippen LogP contribution in [0, 0.1) is 10.1 Å². The van der Waals surface area contributed by atoms with Crippen LogP contribution in [-0.2, 0) is 0 Å². The van der Waals surface area contributed by atoms with Crippen LogP contribution < -0.4 is 10.1 Å². The zero-order valence-corrected chi connectivity index (χ0v) is 13.3. The van der Waals surface area contributed by atoms with E-state index in [1.807, 2.05) is 0 Å². The number of hydrogen-bond acceptors (Lipinski definition) is 6. The van der Waals surface area contributed by atoms with E-state index in [1.165, 1.54) is 18.5 Å². The van der Waals surface area contributed by atoms with Gasteiger partial charge < -0.3 is 10.1 Å². The molecule has 0 atom stereocenters. The van der Waals surface area contributed by atoms with Crippen molar-refractivity contribution in [1.82, 2.24) is 9.97 Å². The first-order chi connectivity index (χ1) is 9.52. The number of hydrogen-bond donors (Lipinski definition) is 1. The molecule has 0 fully saturated rings. The van der Waals surface area contributed by atoms with Crippen molar-refractivity contribution in [3.05, 3.63) is 43.6 Å². The highest BCUT2D eigenvalue weighted by molar-refractivity contribution is 9.11. The molecule has 1 N–H and O–H groups in total. The molecule has 1 aromatic heterocycles. The molecule has 0 aliphatic rings. The second-order valence-electron chi connectivity index (χ2n) is 3.57. The molecule has 0 spiro atoms. The lowest BCUT2D eigenvalue weighted by Gasteiger charge is -2.10. The highest BCUT2D eigenvalue weighted by Crippen LogP contribution is 2.36. The summed E-state index contributed by atoms with van der Waals surface area (Å²) in [6, 6.07) is 4.24. The summed E-state index contributed by atoms with van der Waals surface area (Å²) in [5.74, 6) is 1.10. The number of non-ortho nitro benzene ring substituents is 1. The van der Waals surface area contributed by atoms with Crippen LogP contribution in [0.5, 0.6) is 11.6 Å². The Labute approximate surface area is 130 Å². The summed E-state index contributed by atoms with van der Waals surface area (Å²) in [4.78, 5) is 18.3. The molecule has 1 aromatic carbocycles. The second-order valence-corrected chi connectivity index (χ2v) is 5.21. The number of nitrogens with one attached hydrogen (secondary N) is 1. The van der Waals surface area contributed by atoms with Crippen LogP contribution in [0.4, 0.5) is 11.5 Å². The molecular weight excluding hydrogens is 396 g/mol. The van der Waals surface area contributed by atoms with Crippen LogP contribution in [0.15, 0.2) is 33.5 Å². The normalized spacial score (nSPS) is 10.2. The zero-order chi connectivity index (χ0) is 14.7. The molecule has 0 unspecified atom stereocenters. The van der Waals surface area contributed by atoms with Crippen LogP contribution in [-0.4, -0.2) is 21.9 Å². The predicted octanol–water partition coefficient (Wildman–Crippen LogP) is 3.74. The average Bonchev–Trinajstić information content (AvgIpc) is 2.43. The van der Waals surface area contributed by atoms with Gasteiger partial charge >= 0.3 is 0 Å². The van der Waals surface area contributed by atoms with E-state index < -0.39 is 4.92 Å². The molecule has 7 nitrogen and oxygen atoms in total. The second kappa shape index (κ2) is 6.14. The topological polar surface area (TPSA) is 90.2 Å². The van der Waals surface area contributed by atoms with Crippen molar-refractivity contribution in [2.45, 2.75) is 0 Å². The van der Waals surface area contributed by atoms with Crippen molar-refractivity contribution < 1.29 is 9.66 Å². The van der Waals surface area contributed by atoms with Gasteiger partial charge in [-0.15, -0.1) is 0 Å². The molecule has 104 valence electrons. The minimum Gasteiger partial charge on any atom is -0.436 e. The monoisotopic (exact) mass is 402 g/mol. The number of ether oxygens (including phenoxy) is 1. The van der Waals surface area contributed by atoms with Crippen molar-refractivity contribution >= 4 is 43.4 Å². The zero-order valence-electron chi connectivity index (χ0n) is 10.1. The molecule has 0 amide bonds. The minimum atomic E-state index is -0.493. The van der Waals surface area contributed by atoms with Gasteiger partial charge in [0.25, 0.3) is 5.69 Å². The Balaban J connectivity index is 2.39. The number of nitro groups is 1. The Kier molecular flexibility index (Phi) is 4.50. The van der Waals surface area contributed by atoms with Crippen molar-refractivity contribution in [2.24, 2.45) is 0 Å². The number of aromatic nitrogens is 2. The summed E-state index contributed by atoms with van der Waals surface area (Å²) < 4.78 is 6.70. The molecule has 0 saturated carbocycles. The molecule has 0 aliphatic heterocycles. The lowest BCUT2D eigenvalue weighted by molar-refractivity contribution is -0.384. The maximum absolute atomic E-state index is 10.8. The van der Waals surface area contributed by atoms with E-state index in [-0.39, 0.29) is 11.6 Å². The standard InChI is InChI=1S/C11H8Br2N4O3/c1-14-10-9(13)11(16-5-15-10)20-8-4-6(17(18)19)2-3-7(8)12/h2-5H,1H3,(H,14,15,16). The van der Waals surface area contributed by atoms with Crippen molar-refractivity contribution in [1.29, 1.82) is 0 Å². The Hall–Kier alpha value is -1.74. The number of nitro benzene ring substituents is 1. The lowest BCUT2D eigenvalue weighted by atomic mass is 10.3. The fourth-order valence-electron chi connectivity index (χ4n) is 1.39. The highest BCUT2D eigenvalue weighted by Gasteiger charge is 2.15. The number of rotatable bonds is 4. The Morgan fingerprint density at radius 1 is 1.35 bits per heavy atom. The average molecular weight is 404 g/mol. The fraction of sp³-hybridized carbons (Fsp3) is 0.0909. The number of halogens is 2. The van der Waals surface area contributed by atoms with Gasteiger partial charge in [0.1, 0.15) is 16.6 Å². The van der Waals surface area contributed by atoms with E-state index in [0.717, 1.165) is 0 Å². The molecular formula is C11H8Br2N4O3. The van der Waals surface area contributed by atoms with E-state index in [1.54, 1.807) is 13.1 Å². The number of anilines is 1. The molecule has 2 aromatic rings. The molecule has 20 heavy (non-hydrogen) atoms. The summed E-state index contributed by atoms with van der Waals surface area (Å²) in [6.45, 7) is 0. The van der Waals surface area contributed by atoms with Crippen molar-refractivity contribution in [3.8, 4) is 11.6 Å². The molecule has 0 radical (unpaired) electrons. The molecule has 2 rings (SSSR count). The third kappa shape index (κ3) is 3.05. The van der Waals surface area contributed by atoms with Gasteiger partial charge in [-0.25, -0.2) is 9.97 Å². The molecule has 9 heteroatoms. The van der Waals surface area contributed by atoms with Crippen molar-refractivity contribution in [2.75, 3.05) is 12.4 Å². The number of benzene rings is 1. The van der Waals surface area contributed by atoms with Gasteiger partial charge in [-0.3, -0.25) is 10.1 Å². The van der Waals surface area contributed by atoms with Gasteiger partial charge in [0.05, 0.1) is 15.5 Å². The van der Waals surface area contributed by atoms with Gasteiger partial charge in [-0.1, -0.05) is 0 Å². The van der Waals surface area contributed by atoms with Crippen LogP contribution in [0.25, 0.3) is 0 Å². The smallest absolute Gasteiger partial charge is 0.273 e. The summed E-state index contributed by atoms with van der Waals surface area (Å²) in [6.07, 6.45) is 1.33. The third-order valence-corrected chi connectivity index (χ3v) is 3.70. The fourth-order valence-corrected chi connectivity index (χ4v) is 2.20. The van der Waals surface area contributed by atoms with E-state index in [9.17, 15) is 10.1 Å². The first kappa shape index (κ1) is 14.7. The highest BCUT2D eigenvalue weighted by atomic mass is 79.9. The Morgan fingerprint density at radius 2 is 2.10 bits per heavy atom. The van der Waals surface area contributed by atoms with E-state index in [4.69, 9.17) is 4.74 Å². The van der Waals surface area contributed by atoms with Gasteiger partial charge in [-0.2, -0.15) is 0 Å². The minimum absolute atomic E-state index is 0.0674. The molecule has 1 heterocycles. The quantitative estimate of drug-likeness (QED) is 0.617. The molecule has 0 saturated heterocycles. The van der Waals surface area contributed by atoms with Gasteiger partial charge in [0, 0.05) is 13.1 Å². The van der Waals surface area contributed by atoms with E-state index >= 15 is 0 Å². The summed E-state index contributed by atoms with van der Waals surface area (Å²) in [5, 5.41) is 13.6. The number of nitrogens with zero attached hydrogens (tertiary/aromatic N) is 3. The third-order valence-electron chi connectivity index (χ3n) is 2.33. The first-order valence-electron chi connectivity index (χ1n) is 5.33. The SMILES string of the molecule is CNc1ncnc(Oc2cc([N+](=O)[O-])ccc2Br)c1Br.